The van der Waals surface area contributed by atoms with E-state index in [1.807, 2.05) is 13.0 Å². The van der Waals surface area contributed by atoms with Crippen LogP contribution in [0.5, 0.6) is 5.75 Å². The average molecular weight is 375 g/mol. The predicted molar refractivity (Wildman–Crippen MR) is 102 cm³/mol. The molecule has 0 saturated carbocycles. The highest BCUT2D eigenvalue weighted by Gasteiger charge is 2.33. The van der Waals surface area contributed by atoms with E-state index >= 15 is 0 Å². The van der Waals surface area contributed by atoms with Gasteiger partial charge in [-0.2, -0.15) is 0 Å². The Morgan fingerprint density at radius 2 is 1.96 bits per heavy atom. The maximum absolute atomic E-state index is 12.7. The summed E-state index contributed by atoms with van der Waals surface area (Å²) in [6.07, 6.45) is 0.208. The highest BCUT2D eigenvalue weighted by Crippen LogP contribution is 2.26. The van der Waals surface area contributed by atoms with Crippen LogP contribution < -0.4 is 10.1 Å². The van der Waals surface area contributed by atoms with Gasteiger partial charge in [0.1, 0.15) is 5.75 Å². The molecule has 0 radical (unpaired) electrons. The molecule has 2 saturated heterocycles. The molecule has 1 N–H and O–H groups in total. The number of piperazine rings is 1. The monoisotopic (exact) mass is 375 g/mol. The Kier molecular flexibility index (Phi) is 6.34. The first-order valence-electron chi connectivity index (χ1n) is 9.51. The Morgan fingerprint density at radius 1 is 1.22 bits per heavy atom. The van der Waals surface area contributed by atoms with Crippen LogP contribution >= 0.6 is 0 Å². The number of benzene rings is 1. The van der Waals surface area contributed by atoms with Crippen molar-refractivity contribution in [3.8, 4) is 5.75 Å². The van der Waals surface area contributed by atoms with Crippen LogP contribution in [0.4, 0.5) is 0 Å². The second-order valence-corrected chi connectivity index (χ2v) is 7.15. The fraction of sp³-hybridized carbons (Fsp3) is 0.600. The van der Waals surface area contributed by atoms with Crippen molar-refractivity contribution in [3.05, 3.63) is 28.8 Å². The molecule has 0 bridgehead atoms. The van der Waals surface area contributed by atoms with Crippen LogP contribution in [0.1, 0.15) is 23.1 Å². The molecule has 7 heteroatoms. The number of carbonyl (C=O) groups excluding carboxylic acids is 2. The summed E-state index contributed by atoms with van der Waals surface area (Å²) in [5.41, 5.74) is 3.43. The fourth-order valence-electron chi connectivity index (χ4n) is 3.74. The molecule has 0 unspecified atom stereocenters. The molecule has 27 heavy (non-hydrogen) atoms. The van der Waals surface area contributed by atoms with Gasteiger partial charge >= 0.3 is 0 Å². The van der Waals surface area contributed by atoms with Crippen LogP contribution in [0.2, 0.25) is 0 Å². The van der Waals surface area contributed by atoms with Crippen LogP contribution in [0, 0.1) is 13.8 Å². The molecule has 1 atom stereocenters. The summed E-state index contributed by atoms with van der Waals surface area (Å²) in [4.78, 5) is 29.1. The summed E-state index contributed by atoms with van der Waals surface area (Å²) in [6, 6.07) is 3.58. The van der Waals surface area contributed by atoms with E-state index in [0.717, 1.165) is 23.4 Å². The molecule has 0 aliphatic carbocycles. The van der Waals surface area contributed by atoms with Crippen LogP contribution in [-0.4, -0.2) is 74.2 Å². The second-order valence-electron chi connectivity index (χ2n) is 7.15. The minimum Gasteiger partial charge on any atom is -0.496 e. The molecule has 2 fully saturated rings. The number of rotatable bonds is 5. The van der Waals surface area contributed by atoms with Gasteiger partial charge in [-0.15, -0.1) is 0 Å². The number of hydrogen-bond donors (Lipinski definition) is 1. The summed E-state index contributed by atoms with van der Waals surface area (Å²) < 4.78 is 10.7. The molecule has 1 aromatic carbocycles. The quantitative estimate of drug-likeness (QED) is 0.827. The van der Waals surface area contributed by atoms with Gasteiger partial charge in [-0.1, -0.05) is 6.07 Å². The van der Waals surface area contributed by atoms with Crippen LogP contribution in [0.25, 0.3) is 0 Å². The van der Waals surface area contributed by atoms with Gasteiger partial charge in [0, 0.05) is 32.7 Å². The number of ether oxygens (including phenoxy) is 2. The summed E-state index contributed by atoms with van der Waals surface area (Å²) in [5.74, 6) is 0.824. The smallest absolute Gasteiger partial charge is 0.237 e. The highest BCUT2D eigenvalue weighted by atomic mass is 16.5. The van der Waals surface area contributed by atoms with E-state index < -0.39 is 6.04 Å². The second kappa shape index (κ2) is 8.71. The third-order valence-corrected chi connectivity index (χ3v) is 5.62. The molecule has 2 aliphatic rings. The number of methoxy groups -OCH3 is 1. The maximum atomic E-state index is 12.7. The minimum absolute atomic E-state index is 0.0213. The minimum atomic E-state index is -0.434. The fourth-order valence-corrected chi connectivity index (χ4v) is 3.74. The van der Waals surface area contributed by atoms with Crippen molar-refractivity contribution in [1.29, 1.82) is 0 Å². The van der Waals surface area contributed by atoms with Gasteiger partial charge in [0.05, 0.1) is 32.8 Å². The summed E-state index contributed by atoms with van der Waals surface area (Å²) >= 11 is 0. The number of hydrogen-bond acceptors (Lipinski definition) is 5. The number of nitrogens with zero attached hydrogens (tertiary/aromatic N) is 2. The zero-order chi connectivity index (χ0) is 19.4. The molecule has 0 aromatic heterocycles. The third-order valence-electron chi connectivity index (χ3n) is 5.62. The number of amides is 2. The normalized spacial score (nSPS) is 21.1. The van der Waals surface area contributed by atoms with Crippen molar-refractivity contribution in [2.45, 2.75) is 32.9 Å². The average Bonchev–Trinajstić information content (AvgIpc) is 2.69. The van der Waals surface area contributed by atoms with Gasteiger partial charge in [0.25, 0.3) is 0 Å². The molecule has 2 aliphatic heterocycles. The Labute approximate surface area is 160 Å². The molecular weight excluding hydrogens is 346 g/mol. The van der Waals surface area contributed by atoms with E-state index in [9.17, 15) is 9.59 Å². The van der Waals surface area contributed by atoms with E-state index in [-0.39, 0.29) is 18.2 Å². The first-order chi connectivity index (χ1) is 13.0. The largest absolute Gasteiger partial charge is 0.496 e. The third kappa shape index (κ3) is 4.42. The lowest BCUT2D eigenvalue weighted by Gasteiger charge is -2.36. The van der Waals surface area contributed by atoms with E-state index in [4.69, 9.17) is 9.47 Å². The van der Waals surface area contributed by atoms with E-state index in [1.165, 1.54) is 5.56 Å². The molecule has 0 spiro atoms. The van der Waals surface area contributed by atoms with Crippen molar-refractivity contribution in [3.63, 3.8) is 0 Å². The standard InChI is InChI=1S/C20H29N3O4/c1-14-15(2)18(26-3)5-4-16(14)13-23-7-6-21-20(25)17(23)12-19(24)22-8-10-27-11-9-22/h4-5,17H,6-13H2,1-3H3,(H,21,25)/t17-/m1/s1. The Bertz CT molecular complexity index is 701. The van der Waals surface area contributed by atoms with Gasteiger partial charge in [-0.3, -0.25) is 14.5 Å². The summed E-state index contributed by atoms with van der Waals surface area (Å²) in [6.45, 7) is 8.43. The number of morpholine rings is 1. The molecular formula is C20H29N3O4. The van der Waals surface area contributed by atoms with Crippen molar-refractivity contribution in [1.82, 2.24) is 15.1 Å². The van der Waals surface area contributed by atoms with Crippen molar-refractivity contribution in [2.24, 2.45) is 0 Å². The lowest BCUT2D eigenvalue weighted by molar-refractivity contribution is -0.141. The SMILES string of the molecule is COc1ccc(CN2CCNC(=O)[C@H]2CC(=O)N2CCOCC2)c(C)c1C. The number of carbonyl (C=O) groups is 2. The lowest BCUT2D eigenvalue weighted by Crippen LogP contribution is -2.56. The van der Waals surface area contributed by atoms with Crippen molar-refractivity contribution < 1.29 is 19.1 Å². The zero-order valence-corrected chi connectivity index (χ0v) is 16.4. The summed E-state index contributed by atoms with van der Waals surface area (Å²) in [5, 5.41) is 2.90. The van der Waals surface area contributed by atoms with E-state index in [0.29, 0.717) is 39.4 Å². The molecule has 3 rings (SSSR count). The highest BCUT2D eigenvalue weighted by molar-refractivity contribution is 5.88. The first kappa shape index (κ1) is 19.6. The van der Waals surface area contributed by atoms with Gasteiger partial charge < -0.3 is 19.7 Å². The van der Waals surface area contributed by atoms with Gasteiger partial charge in [0.15, 0.2) is 0 Å². The maximum Gasteiger partial charge on any atom is 0.237 e. The van der Waals surface area contributed by atoms with E-state index in [2.05, 4.69) is 23.2 Å². The van der Waals surface area contributed by atoms with Gasteiger partial charge in [0.2, 0.25) is 11.8 Å². The van der Waals surface area contributed by atoms with Crippen LogP contribution in [0.15, 0.2) is 12.1 Å². The Morgan fingerprint density at radius 3 is 2.67 bits per heavy atom. The van der Waals surface area contributed by atoms with Gasteiger partial charge in [-0.25, -0.2) is 0 Å². The Hall–Kier alpha value is -2.12. The molecule has 2 amide bonds. The van der Waals surface area contributed by atoms with Crippen LogP contribution in [-0.2, 0) is 20.9 Å². The van der Waals surface area contributed by atoms with Gasteiger partial charge in [-0.05, 0) is 36.6 Å². The molecule has 148 valence electrons. The van der Waals surface area contributed by atoms with Crippen molar-refractivity contribution >= 4 is 11.8 Å². The summed E-state index contributed by atoms with van der Waals surface area (Å²) in [7, 11) is 1.67. The Balaban J connectivity index is 1.73. The van der Waals surface area contributed by atoms with E-state index in [1.54, 1.807) is 12.0 Å². The van der Waals surface area contributed by atoms with Crippen LogP contribution in [0.3, 0.4) is 0 Å². The lowest BCUT2D eigenvalue weighted by atomic mass is 10.00. The molecule has 1 aromatic rings. The zero-order valence-electron chi connectivity index (χ0n) is 16.4. The molecule has 2 heterocycles. The number of nitrogens with one attached hydrogen (secondary N) is 1. The topological polar surface area (TPSA) is 71.1 Å². The van der Waals surface area contributed by atoms with Crippen molar-refractivity contribution in [2.75, 3.05) is 46.5 Å². The molecule has 7 nitrogen and oxygen atoms in total. The first-order valence-corrected chi connectivity index (χ1v) is 9.51. The predicted octanol–water partition coefficient (Wildman–Crippen LogP) is 0.861.